The highest BCUT2D eigenvalue weighted by Crippen LogP contribution is 2.31. The van der Waals surface area contributed by atoms with Crippen LogP contribution in [-0.4, -0.2) is 19.2 Å². The minimum atomic E-state index is -0.507. The molecule has 2 rings (SSSR count). The Morgan fingerprint density at radius 3 is 2.70 bits per heavy atom. The van der Waals surface area contributed by atoms with E-state index in [1.165, 1.54) is 13.5 Å². The molecule has 3 atom stereocenters. The zero-order valence-electron chi connectivity index (χ0n) is 12.3. The van der Waals surface area contributed by atoms with Gasteiger partial charge in [0, 0.05) is 0 Å². The smallest absolute Gasteiger partial charge is 0.376 e. The van der Waals surface area contributed by atoms with Gasteiger partial charge in [-0.25, -0.2) is 4.79 Å². The van der Waals surface area contributed by atoms with Crippen molar-refractivity contribution in [2.24, 2.45) is 11.8 Å². The molecule has 110 valence electrons. The fraction of sp³-hybridized carbons (Fsp3) is 0.562. The van der Waals surface area contributed by atoms with Gasteiger partial charge in [0.05, 0.1) is 7.11 Å². The van der Waals surface area contributed by atoms with Crippen LogP contribution in [0.3, 0.4) is 0 Å². The lowest BCUT2D eigenvalue weighted by molar-refractivity contribution is -0.291. The number of para-hydroxylation sites is 1. The summed E-state index contributed by atoms with van der Waals surface area (Å²) in [6.07, 6.45) is 3.23. The van der Waals surface area contributed by atoms with Crippen LogP contribution in [0.2, 0.25) is 0 Å². The van der Waals surface area contributed by atoms with Crippen LogP contribution in [0.1, 0.15) is 43.5 Å². The van der Waals surface area contributed by atoms with E-state index in [1.54, 1.807) is 24.3 Å². The quantitative estimate of drug-likeness (QED) is 0.623. The molecule has 0 heterocycles. The van der Waals surface area contributed by atoms with E-state index >= 15 is 0 Å². The molecule has 0 saturated heterocycles. The van der Waals surface area contributed by atoms with E-state index in [9.17, 15) is 4.79 Å². The summed E-state index contributed by atoms with van der Waals surface area (Å²) >= 11 is 0. The molecule has 20 heavy (non-hydrogen) atoms. The molecule has 1 fully saturated rings. The molecular weight excluding hydrogens is 256 g/mol. The van der Waals surface area contributed by atoms with E-state index in [-0.39, 0.29) is 6.10 Å². The first-order valence-corrected chi connectivity index (χ1v) is 7.12. The molecule has 1 aliphatic carbocycles. The van der Waals surface area contributed by atoms with E-state index < -0.39 is 5.97 Å². The van der Waals surface area contributed by atoms with Crippen LogP contribution in [0.25, 0.3) is 0 Å². The van der Waals surface area contributed by atoms with E-state index in [4.69, 9.17) is 14.5 Å². The average molecular weight is 278 g/mol. The lowest BCUT2D eigenvalue weighted by Gasteiger charge is -2.30. The molecular formula is C16H22O4. The van der Waals surface area contributed by atoms with Crippen LogP contribution < -0.4 is 4.74 Å². The number of rotatable bonds is 4. The molecule has 1 saturated carbocycles. The Morgan fingerprint density at radius 2 is 1.95 bits per heavy atom. The third kappa shape index (κ3) is 3.51. The zero-order valence-corrected chi connectivity index (χ0v) is 12.3. The Bertz CT molecular complexity index is 458. The summed E-state index contributed by atoms with van der Waals surface area (Å²) < 4.78 is 5.14. The maximum Gasteiger partial charge on any atom is 0.376 e. The largest absolute Gasteiger partial charge is 0.496 e. The van der Waals surface area contributed by atoms with Crippen molar-refractivity contribution in [3.05, 3.63) is 29.8 Å². The molecule has 3 unspecified atom stereocenters. The van der Waals surface area contributed by atoms with Gasteiger partial charge in [0.15, 0.2) is 0 Å². The number of hydrogen-bond acceptors (Lipinski definition) is 4. The summed E-state index contributed by atoms with van der Waals surface area (Å²) in [4.78, 5) is 22.4. The van der Waals surface area contributed by atoms with Crippen molar-refractivity contribution in [2.75, 3.05) is 7.11 Å². The third-order valence-electron chi connectivity index (χ3n) is 3.96. The lowest BCUT2D eigenvalue weighted by atomic mass is 9.82. The summed E-state index contributed by atoms with van der Waals surface area (Å²) in [5.74, 6) is 1.01. The normalized spacial score (nSPS) is 26.1. The number of benzene rings is 1. The number of carbonyl (C=O) groups excluding carboxylic acids is 1. The first-order chi connectivity index (χ1) is 9.61. The SMILES string of the molecule is COc1ccccc1C(=O)OOC1CC(C)CCC1C. The minimum Gasteiger partial charge on any atom is -0.496 e. The summed E-state index contributed by atoms with van der Waals surface area (Å²) in [5.41, 5.74) is 0.381. The van der Waals surface area contributed by atoms with Gasteiger partial charge in [0.1, 0.15) is 17.4 Å². The van der Waals surface area contributed by atoms with Crippen molar-refractivity contribution < 1.29 is 19.3 Å². The highest BCUT2D eigenvalue weighted by molar-refractivity contribution is 5.92. The van der Waals surface area contributed by atoms with Gasteiger partial charge in [0.2, 0.25) is 0 Å². The number of ether oxygens (including phenoxy) is 1. The summed E-state index contributed by atoms with van der Waals surface area (Å²) in [6, 6.07) is 6.96. The number of hydrogen-bond donors (Lipinski definition) is 0. The van der Waals surface area contributed by atoms with Gasteiger partial charge < -0.3 is 4.74 Å². The molecule has 0 spiro atoms. The third-order valence-corrected chi connectivity index (χ3v) is 3.96. The van der Waals surface area contributed by atoms with Crippen molar-refractivity contribution in [3.63, 3.8) is 0 Å². The molecule has 0 radical (unpaired) electrons. The Balaban J connectivity index is 1.94. The van der Waals surface area contributed by atoms with Gasteiger partial charge in [0.25, 0.3) is 0 Å². The van der Waals surface area contributed by atoms with Crippen LogP contribution in [0.15, 0.2) is 24.3 Å². The fourth-order valence-electron chi connectivity index (χ4n) is 2.58. The second kappa shape index (κ2) is 6.75. The van der Waals surface area contributed by atoms with Gasteiger partial charge in [-0.3, -0.25) is 4.89 Å². The van der Waals surface area contributed by atoms with Gasteiger partial charge in [-0.2, -0.15) is 4.89 Å². The van der Waals surface area contributed by atoms with E-state index in [1.807, 2.05) is 0 Å². The standard InChI is InChI=1S/C16H22O4/c1-11-8-9-12(2)15(10-11)19-20-16(17)13-6-4-5-7-14(13)18-3/h4-7,11-12,15H,8-10H2,1-3H3. The molecule has 1 aliphatic rings. The Labute approximate surface area is 120 Å². The summed E-state index contributed by atoms with van der Waals surface area (Å²) in [5, 5.41) is 0. The molecule has 1 aromatic carbocycles. The maximum atomic E-state index is 12.0. The topological polar surface area (TPSA) is 44.8 Å². The van der Waals surface area contributed by atoms with Gasteiger partial charge >= 0.3 is 5.97 Å². The fourth-order valence-corrected chi connectivity index (χ4v) is 2.58. The molecule has 0 N–H and O–H groups in total. The van der Waals surface area contributed by atoms with Gasteiger partial charge in [-0.05, 0) is 36.8 Å². The lowest BCUT2D eigenvalue weighted by Crippen LogP contribution is -2.30. The van der Waals surface area contributed by atoms with Gasteiger partial charge in [-0.1, -0.05) is 32.4 Å². The second-order valence-corrected chi connectivity index (χ2v) is 5.60. The monoisotopic (exact) mass is 278 g/mol. The molecule has 1 aromatic rings. The van der Waals surface area contributed by atoms with Crippen LogP contribution in [-0.2, 0) is 9.78 Å². The molecule has 4 heteroatoms. The van der Waals surface area contributed by atoms with E-state index in [0.717, 1.165) is 12.8 Å². The molecule has 0 amide bonds. The summed E-state index contributed by atoms with van der Waals surface area (Å²) in [7, 11) is 1.53. The maximum absolute atomic E-state index is 12.0. The van der Waals surface area contributed by atoms with Crippen LogP contribution >= 0.6 is 0 Å². The first-order valence-electron chi connectivity index (χ1n) is 7.12. The Hall–Kier alpha value is -1.55. The van der Waals surface area contributed by atoms with E-state index in [0.29, 0.717) is 23.1 Å². The van der Waals surface area contributed by atoms with Crippen LogP contribution in [0, 0.1) is 11.8 Å². The van der Waals surface area contributed by atoms with Crippen LogP contribution in [0.5, 0.6) is 5.75 Å². The van der Waals surface area contributed by atoms with Crippen molar-refractivity contribution >= 4 is 5.97 Å². The van der Waals surface area contributed by atoms with Crippen molar-refractivity contribution in [3.8, 4) is 5.75 Å². The highest BCUT2D eigenvalue weighted by atomic mass is 17.2. The van der Waals surface area contributed by atoms with Crippen molar-refractivity contribution in [1.29, 1.82) is 0 Å². The Kier molecular flexibility index (Phi) is 5.01. The average Bonchev–Trinajstić information content (AvgIpc) is 2.47. The molecule has 0 bridgehead atoms. The first kappa shape index (κ1) is 14.9. The summed E-state index contributed by atoms with van der Waals surface area (Å²) in [6.45, 7) is 4.33. The van der Waals surface area contributed by atoms with Crippen molar-refractivity contribution in [2.45, 2.75) is 39.2 Å². The molecule has 4 nitrogen and oxygen atoms in total. The van der Waals surface area contributed by atoms with Gasteiger partial charge in [-0.15, -0.1) is 0 Å². The molecule has 0 aliphatic heterocycles. The minimum absolute atomic E-state index is 0.0163. The van der Waals surface area contributed by atoms with Crippen molar-refractivity contribution in [1.82, 2.24) is 0 Å². The van der Waals surface area contributed by atoms with Crippen LogP contribution in [0.4, 0.5) is 0 Å². The second-order valence-electron chi connectivity index (χ2n) is 5.60. The number of methoxy groups -OCH3 is 1. The van der Waals surface area contributed by atoms with E-state index in [2.05, 4.69) is 13.8 Å². The number of carbonyl (C=O) groups is 1. The Morgan fingerprint density at radius 1 is 1.20 bits per heavy atom. The zero-order chi connectivity index (χ0) is 14.5. The predicted molar refractivity (Wildman–Crippen MR) is 75.5 cm³/mol. The molecule has 0 aromatic heterocycles. The predicted octanol–water partition coefficient (Wildman–Crippen LogP) is 3.61. The highest BCUT2D eigenvalue weighted by Gasteiger charge is 2.28.